The van der Waals surface area contributed by atoms with Gasteiger partial charge in [-0.2, -0.15) is 0 Å². The van der Waals surface area contributed by atoms with Crippen LogP contribution in [0.4, 0.5) is 5.69 Å². The van der Waals surface area contributed by atoms with Gasteiger partial charge in [0.15, 0.2) is 6.10 Å². The highest BCUT2D eigenvalue weighted by molar-refractivity contribution is 6.06. The van der Waals surface area contributed by atoms with Crippen LogP contribution < -0.4 is 5.32 Å². The molecule has 0 radical (unpaired) electrons. The van der Waals surface area contributed by atoms with Crippen LogP contribution in [0.25, 0.3) is 10.9 Å². The van der Waals surface area contributed by atoms with Crippen molar-refractivity contribution < 1.29 is 14.3 Å². The fraction of sp³-hybridized carbons (Fsp3) is 0.320. The van der Waals surface area contributed by atoms with E-state index in [0.717, 1.165) is 47.0 Å². The number of nitrogens with zero attached hydrogens (tertiary/aromatic N) is 1. The van der Waals surface area contributed by atoms with E-state index in [1.54, 1.807) is 6.92 Å². The molecular formula is C25H26N2O3. The number of aryl methyl sites for hydroxylation is 2. The first kappa shape index (κ1) is 20.1. The number of carbonyl (C=O) groups excluding carboxylic acids is 2. The fourth-order valence-electron chi connectivity index (χ4n) is 4.02. The largest absolute Gasteiger partial charge is 0.449 e. The maximum Gasteiger partial charge on any atom is 0.339 e. The van der Waals surface area contributed by atoms with Gasteiger partial charge in [0.2, 0.25) is 0 Å². The zero-order valence-electron chi connectivity index (χ0n) is 17.6. The summed E-state index contributed by atoms with van der Waals surface area (Å²) in [6, 6.07) is 15.1. The molecule has 2 aromatic carbocycles. The fourth-order valence-corrected chi connectivity index (χ4v) is 4.02. The van der Waals surface area contributed by atoms with E-state index >= 15 is 0 Å². The molecule has 4 rings (SSSR count). The van der Waals surface area contributed by atoms with Crippen molar-refractivity contribution in [2.75, 3.05) is 5.32 Å². The lowest BCUT2D eigenvalue weighted by Gasteiger charge is -2.24. The van der Waals surface area contributed by atoms with Crippen LogP contribution >= 0.6 is 0 Å². The molecule has 1 heterocycles. The number of benzene rings is 2. The molecule has 3 aromatic rings. The first-order valence-corrected chi connectivity index (χ1v) is 10.4. The Balaban J connectivity index is 1.62. The molecule has 2 unspecified atom stereocenters. The molecule has 0 aliphatic heterocycles. The third-order valence-corrected chi connectivity index (χ3v) is 5.77. The number of hydrogen-bond donors (Lipinski definition) is 1. The van der Waals surface area contributed by atoms with Gasteiger partial charge in [-0.3, -0.25) is 9.78 Å². The van der Waals surface area contributed by atoms with Crippen LogP contribution in [0.15, 0.2) is 48.5 Å². The summed E-state index contributed by atoms with van der Waals surface area (Å²) in [5.74, 6) is -0.335. The van der Waals surface area contributed by atoms with E-state index in [-0.39, 0.29) is 5.91 Å². The van der Waals surface area contributed by atoms with Crippen LogP contribution in [-0.2, 0) is 22.4 Å². The number of ether oxygens (including phenoxy) is 1. The average Bonchev–Trinajstić information content (AvgIpc) is 2.73. The van der Waals surface area contributed by atoms with Gasteiger partial charge in [-0.1, -0.05) is 43.3 Å². The first-order valence-electron chi connectivity index (χ1n) is 10.4. The van der Waals surface area contributed by atoms with Crippen LogP contribution in [0.5, 0.6) is 0 Å². The minimum Gasteiger partial charge on any atom is -0.449 e. The van der Waals surface area contributed by atoms with Crippen molar-refractivity contribution in [3.63, 3.8) is 0 Å². The van der Waals surface area contributed by atoms with Crippen molar-refractivity contribution in [2.45, 2.75) is 46.1 Å². The second kappa shape index (κ2) is 8.27. The highest BCUT2D eigenvalue weighted by Crippen LogP contribution is 2.32. The number of aromatic nitrogens is 1. The minimum atomic E-state index is -0.916. The summed E-state index contributed by atoms with van der Waals surface area (Å²) < 4.78 is 5.64. The standard InChI is InChI=1S/C25H26N2O3/c1-15-12-13-22-19(14-15)23(18-9-5-7-11-21(18)26-22)25(29)30-17(3)24(28)27-20-10-6-4-8-16(20)2/h4-11,15,17H,12-14H2,1-3H3,(H,27,28). The number of anilines is 1. The van der Waals surface area contributed by atoms with E-state index in [1.165, 1.54) is 0 Å². The summed E-state index contributed by atoms with van der Waals surface area (Å²) in [6.45, 7) is 5.71. The number of rotatable bonds is 4. The molecular weight excluding hydrogens is 376 g/mol. The number of nitrogens with one attached hydrogen (secondary N) is 1. The van der Waals surface area contributed by atoms with E-state index < -0.39 is 12.1 Å². The molecule has 0 fully saturated rings. The molecule has 1 aliphatic carbocycles. The zero-order valence-corrected chi connectivity index (χ0v) is 17.6. The number of esters is 1. The molecule has 1 amide bonds. The van der Waals surface area contributed by atoms with Crippen molar-refractivity contribution in [3.8, 4) is 0 Å². The van der Waals surface area contributed by atoms with Crippen LogP contribution in [0, 0.1) is 12.8 Å². The molecule has 1 N–H and O–H groups in total. The summed E-state index contributed by atoms with van der Waals surface area (Å²) >= 11 is 0. The predicted octanol–water partition coefficient (Wildman–Crippen LogP) is 4.85. The van der Waals surface area contributed by atoms with E-state index in [0.29, 0.717) is 17.2 Å². The Morgan fingerprint density at radius 2 is 1.87 bits per heavy atom. The number of hydrogen-bond acceptors (Lipinski definition) is 4. The van der Waals surface area contributed by atoms with Gasteiger partial charge in [0.25, 0.3) is 5.91 Å². The summed E-state index contributed by atoms with van der Waals surface area (Å²) in [5.41, 5.74) is 4.94. The topological polar surface area (TPSA) is 68.3 Å². The summed E-state index contributed by atoms with van der Waals surface area (Å²) in [5, 5.41) is 3.62. The Hall–Kier alpha value is -3.21. The third-order valence-electron chi connectivity index (χ3n) is 5.77. The number of carbonyl (C=O) groups is 2. The lowest BCUT2D eigenvalue weighted by atomic mass is 9.84. The van der Waals surface area contributed by atoms with Crippen LogP contribution in [-0.4, -0.2) is 23.0 Å². The van der Waals surface area contributed by atoms with E-state index in [4.69, 9.17) is 9.72 Å². The molecule has 0 bridgehead atoms. The molecule has 0 saturated carbocycles. The first-order chi connectivity index (χ1) is 14.4. The molecule has 30 heavy (non-hydrogen) atoms. The number of fused-ring (bicyclic) bond motifs is 2. The monoisotopic (exact) mass is 402 g/mol. The molecule has 5 nitrogen and oxygen atoms in total. The summed E-state index contributed by atoms with van der Waals surface area (Å²) in [4.78, 5) is 30.7. The highest BCUT2D eigenvalue weighted by atomic mass is 16.5. The molecule has 154 valence electrons. The van der Waals surface area contributed by atoms with Crippen LogP contribution in [0.1, 0.15) is 47.4 Å². The summed E-state index contributed by atoms with van der Waals surface area (Å²) in [7, 11) is 0. The Labute approximate surface area is 176 Å². The number of para-hydroxylation sites is 2. The van der Waals surface area contributed by atoms with Gasteiger partial charge in [-0.25, -0.2) is 4.79 Å². The average molecular weight is 402 g/mol. The number of amides is 1. The Morgan fingerprint density at radius 1 is 1.13 bits per heavy atom. The Kier molecular flexibility index (Phi) is 5.53. The zero-order chi connectivity index (χ0) is 21.3. The van der Waals surface area contributed by atoms with Gasteiger partial charge < -0.3 is 10.1 Å². The van der Waals surface area contributed by atoms with Crippen molar-refractivity contribution in [1.29, 1.82) is 0 Å². The minimum absolute atomic E-state index is 0.349. The van der Waals surface area contributed by atoms with Gasteiger partial charge in [-0.15, -0.1) is 0 Å². The van der Waals surface area contributed by atoms with E-state index in [9.17, 15) is 9.59 Å². The second-order valence-electron chi connectivity index (χ2n) is 8.13. The van der Waals surface area contributed by atoms with Crippen molar-refractivity contribution in [3.05, 3.63) is 70.9 Å². The maximum atomic E-state index is 13.2. The van der Waals surface area contributed by atoms with Crippen LogP contribution in [0.3, 0.4) is 0 Å². The Morgan fingerprint density at radius 3 is 2.67 bits per heavy atom. The summed E-state index contributed by atoms with van der Waals surface area (Å²) in [6.07, 6.45) is 1.79. The molecule has 0 saturated heterocycles. The molecule has 5 heteroatoms. The Bertz CT molecular complexity index is 1120. The van der Waals surface area contributed by atoms with Gasteiger partial charge in [0.05, 0.1) is 11.1 Å². The molecule has 1 aromatic heterocycles. The van der Waals surface area contributed by atoms with Gasteiger partial charge in [0, 0.05) is 16.8 Å². The van der Waals surface area contributed by atoms with Gasteiger partial charge in [-0.05, 0) is 62.3 Å². The molecule has 2 atom stereocenters. The second-order valence-corrected chi connectivity index (χ2v) is 8.13. The predicted molar refractivity (Wildman–Crippen MR) is 118 cm³/mol. The van der Waals surface area contributed by atoms with Crippen molar-refractivity contribution >= 4 is 28.5 Å². The normalized spacial score (nSPS) is 16.6. The third kappa shape index (κ3) is 3.92. The van der Waals surface area contributed by atoms with E-state index in [2.05, 4.69) is 12.2 Å². The lowest BCUT2D eigenvalue weighted by Crippen LogP contribution is -2.31. The van der Waals surface area contributed by atoms with Crippen LogP contribution in [0.2, 0.25) is 0 Å². The van der Waals surface area contributed by atoms with Gasteiger partial charge >= 0.3 is 5.97 Å². The molecule has 1 aliphatic rings. The van der Waals surface area contributed by atoms with E-state index in [1.807, 2.05) is 55.5 Å². The highest BCUT2D eigenvalue weighted by Gasteiger charge is 2.28. The number of pyridine rings is 1. The SMILES string of the molecule is Cc1ccccc1NC(=O)C(C)OC(=O)c1c2c(nc3ccccc13)CCC(C)C2. The smallest absolute Gasteiger partial charge is 0.339 e. The maximum absolute atomic E-state index is 13.2. The van der Waals surface area contributed by atoms with Crippen molar-refractivity contribution in [2.24, 2.45) is 5.92 Å². The lowest BCUT2D eigenvalue weighted by molar-refractivity contribution is -0.123. The van der Waals surface area contributed by atoms with Gasteiger partial charge in [0.1, 0.15) is 0 Å². The quantitative estimate of drug-likeness (QED) is 0.633. The van der Waals surface area contributed by atoms with Crippen molar-refractivity contribution in [1.82, 2.24) is 4.98 Å². The molecule has 0 spiro atoms.